The molecule has 5 heteroatoms. The average molecular weight is 272 g/mol. The van der Waals surface area contributed by atoms with Crippen LogP contribution in [0.15, 0.2) is 24.3 Å². The fourth-order valence-electron chi connectivity index (χ4n) is 2.03. The van der Waals surface area contributed by atoms with Crippen molar-refractivity contribution in [3.8, 4) is 0 Å². The summed E-state index contributed by atoms with van der Waals surface area (Å²) in [6, 6.07) is 6.02. The highest BCUT2D eigenvalue weighted by atomic mass is 35.5. The number of benzene rings is 1. The maximum absolute atomic E-state index is 13.0. The molecular weight excluding hydrogens is 257 g/mol. The van der Waals surface area contributed by atoms with Crippen LogP contribution < -0.4 is 0 Å². The number of hydrogen-bond donors (Lipinski definition) is 0. The Morgan fingerprint density at radius 1 is 1.56 bits per heavy atom. The maximum Gasteiger partial charge on any atom is 0.227 e. The molecule has 1 aliphatic rings. The molecule has 1 aromatic rings. The van der Waals surface area contributed by atoms with E-state index in [-0.39, 0.29) is 24.2 Å². The number of carbonyl (C=O) groups is 1. The Bertz CT molecular complexity index is 427. The summed E-state index contributed by atoms with van der Waals surface area (Å²) in [4.78, 5) is 13.9. The standard InChI is InChI=1S/C13H15ClFNO2/c14-8-12-9-18-5-4-16(12)13(17)7-10-2-1-3-11(15)6-10/h1-3,6,12H,4-5,7-9H2. The molecule has 0 saturated carbocycles. The highest BCUT2D eigenvalue weighted by Crippen LogP contribution is 2.12. The molecule has 0 aliphatic carbocycles. The number of halogens is 2. The minimum atomic E-state index is -0.323. The lowest BCUT2D eigenvalue weighted by molar-refractivity contribution is -0.138. The van der Waals surface area contributed by atoms with Gasteiger partial charge in [-0.15, -0.1) is 11.6 Å². The van der Waals surface area contributed by atoms with Crippen LogP contribution in [0.25, 0.3) is 0 Å². The summed E-state index contributed by atoms with van der Waals surface area (Å²) in [5.41, 5.74) is 0.680. The molecule has 1 amide bonds. The van der Waals surface area contributed by atoms with Gasteiger partial charge in [-0.3, -0.25) is 4.79 Å². The van der Waals surface area contributed by atoms with E-state index in [0.717, 1.165) is 0 Å². The first kappa shape index (κ1) is 13.3. The molecule has 0 aromatic heterocycles. The lowest BCUT2D eigenvalue weighted by Crippen LogP contribution is -2.50. The first-order chi connectivity index (χ1) is 8.70. The lowest BCUT2D eigenvalue weighted by atomic mass is 10.1. The summed E-state index contributed by atoms with van der Waals surface area (Å²) < 4.78 is 18.3. The van der Waals surface area contributed by atoms with E-state index in [1.807, 2.05) is 0 Å². The number of rotatable bonds is 3. The molecule has 0 bridgehead atoms. The largest absolute Gasteiger partial charge is 0.377 e. The number of nitrogens with zero attached hydrogens (tertiary/aromatic N) is 1. The first-order valence-corrected chi connectivity index (χ1v) is 6.42. The van der Waals surface area contributed by atoms with Crippen LogP contribution in [-0.2, 0) is 16.0 Å². The number of ether oxygens (including phenoxy) is 1. The van der Waals surface area contributed by atoms with E-state index in [2.05, 4.69) is 0 Å². The summed E-state index contributed by atoms with van der Waals surface area (Å²) in [5, 5.41) is 0. The van der Waals surface area contributed by atoms with Gasteiger partial charge in [-0.1, -0.05) is 12.1 Å². The van der Waals surface area contributed by atoms with E-state index in [9.17, 15) is 9.18 Å². The SMILES string of the molecule is O=C(Cc1cccc(F)c1)N1CCOCC1CCl. The van der Waals surface area contributed by atoms with Gasteiger partial charge >= 0.3 is 0 Å². The fourth-order valence-corrected chi connectivity index (χ4v) is 2.29. The molecule has 2 rings (SSSR count). The van der Waals surface area contributed by atoms with E-state index in [1.165, 1.54) is 12.1 Å². The average Bonchev–Trinajstić information content (AvgIpc) is 2.38. The van der Waals surface area contributed by atoms with Gasteiger partial charge in [0.05, 0.1) is 25.7 Å². The van der Waals surface area contributed by atoms with Crippen LogP contribution in [0.1, 0.15) is 5.56 Å². The molecule has 1 atom stereocenters. The van der Waals surface area contributed by atoms with Crippen LogP contribution in [0.4, 0.5) is 4.39 Å². The maximum atomic E-state index is 13.0. The monoisotopic (exact) mass is 271 g/mol. The van der Waals surface area contributed by atoms with Crippen molar-refractivity contribution in [1.29, 1.82) is 0 Å². The van der Waals surface area contributed by atoms with Crippen LogP contribution >= 0.6 is 11.6 Å². The summed E-state index contributed by atoms with van der Waals surface area (Å²) in [7, 11) is 0. The Morgan fingerprint density at radius 3 is 3.11 bits per heavy atom. The minimum absolute atomic E-state index is 0.0328. The lowest BCUT2D eigenvalue weighted by Gasteiger charge is -2.34. The van der Waals surface area contributed by atoms with E-state index in [1.54, 1.807) is 17.0 Å². The number of hydrogen-bond acceptors (Lipinski definition) is 2. The summed E-state index contributed by atoms with van der Waals surface area (Å²) in [6.45, 7) is 1.55. The van der Waals surface area contributed by atoms with Gasteiger partial charge in [0.25, 0.3) is 0 Å². The van der Waals surface area contributed by atoms with Gasteiger partial charge in [0, 0.05) is 12.4 Å². The second kappa shape index (κ2) is 6.16. The van der Waals surface area contributed by atoms with Crippen molar-refractivity contribution < 1.29 is 13.9 Å². The molecule has 18 heavy (non-hydrogen) atoms. The smallest absolute Gasteiger partial charge is 0.227 e. The molecule has 3 nitrogen and oxygen atoms in total. The zero-order chi connectivity index (χ0) is 13.0. The second-order valence-electron chi connectivity index (χ2n) is 4.28. The molecule has 1 heterocycles. The van der Waals surface area contributed by atoms with Crippen LogP contribution in [0.5, 0.6) is 0 Å². The molecular formula is C13H15ClFNO2. The van der Waals surface area contributed by atoms with Crippen LogP contribution in [0.2, 0.25) is 0 Å². The van der Waals surface area contributed by atoms with E-state index >= 15 is 0 Å². The zero-order valence-electron chi connectivity index (χ0n) is 9.94. The van der Waals surface area contributed by atoms with Crippen molar-refractivity contribution in [2.45, 2.75) is 12.5 Å². The van der Waals surface area contributed by atoms with Crippen LogP contribution in [0, 0.1) is 5.82 Å². The third-order valence-corrected chi connectivity index (χ3v) is 3.33. The summed E-state index contributed by atoms with van der Waals surface area (Å²) >= 11 is 5.81. The van der Waals surface area contributed by atoms with E-state index in [4.69, 9.17) is 16.3 Å². The Kier molecular flexibility index (Phi) is 4.55. The van der Waals surface area contributed by atoms with Crippen molar-refractivity contribution >= 4 is 17.5 Å². The van der Waals surface area contributed by atoms with Crippen molar-refractivity contribution in [2.75, 3.05) is 25.6 Å². The molecule has 1 fully saturated rings. The highest BCUT2D eigenvalue weighted by Gasteiger charge is 2.26. The van der Waals surface area contributed by atoms with Crippen molar-refractivity contribution in [2.24, 2.45) is 0 Å². The van der Waals surface area contributed by atoms with Gasteiger partial charge in [-0.05, 0) is 17.7 Å². The topological polar surface area (TPSA) is 29.5 Å². The molecule has 1 unspecified atom stereocenters. The van der Waals surface area contributed by atoms with Crippen molar-refractivity contribution in [3.05, 3.63) is 35.6 Å². The van der Waals surface area contributed by atoms with Crippen molar-refractivity contribution in [1.82, 2.24) is 4.90 Å². The van der Waals surface area contributed by atoms with Crippen LogP contribution in [-0.4, -0.2) is 42.5 Å². The molecule has 1 saturated heterocycles. The van der Waals surface area contributed by atoms with Gasteiger partial charge in [0.15, 0.2) is 0 Å². The highest BCUT2D eigenvalue weighted by molar-refractivity contribution is 6.18. The van der Waals surface area contributed by atoms with Gasteiger partial charge < -0.3 is 9.64 Å². The Morgan fingerprint density at radius 2 is 2.39 bits per heavy atom. The predicted octanol–water partition coefficient (Wildman–Crippen LogP) is 1.83. The van der Waals surface area contributed by atoms with Gasteiger partial charge in [0.1, 0.15) is 5.82 Å². The first-order valence-electron chi connectivity index (χ1n) is 5.88. The number of morpholine rings is 1. The van der Waals surface area contributed by atoms with Crippen molar-refractivity contribution in [3.63, 3.8) is 0 Å². The van der Waals surface area contributed by atoms with Gasteiger partial charge in [-0.25, -0.2) is 4.39 Å². The molecule has 0 spiro atoms. The second-order valence-corrected chi connectivity index (χ2v) is 4.59. The number of carbonyl (C=O) groups excluding carboxylic acids is 1. The number of amides is 1. The minimum Gasteiger partial charge on any atom is -0.377 e. The Balaban J connectivity index is 2.02. The fraction of sp³-hybridized carbons (Fsp3) is 0.462. The van der Waals surface area contributed by atoms with Gasteiger partial charge in [0.2, 0.25) is 5.91 Å². The quantitative estimate of drug-likeness (QED) is 0.785. The third-order valence-electron chi connectivity index (χ3n) is 2.97. The Labute approximate surface area is 110 Å². The molecule has 0 N–H and O–H groups in total. The summed E-state index contributed by atoms with van der Waals surface area (Å²) in [5.74, 6) is 0.000228. The molecule has 1 aliphatic heterocycles. The summed E-state index contributed by atoms with van der Waals surface area (Å²) in [6.07, 6.45) is 0.200. The third kappa shape index (κ3) is 3.21. The Hall–Kier alpha value is -1.13. The molecule has 0 radical (unpaired) electrons. The zero-order valence-corrected chi connectivity index (χ0v) is 10.7. The molecule has 1 aromatic carbocycles. The predicted molar refractivity (Wildman–Crippen MR) is 67.1 cm³/mol. The molecule has 98 valence electrons. The number of alkyl halides is 1. The van der Waals surface area contributed by atoms with Crippen LogP contribution in [0.3, 0.4) is 0 Å². The van der Waals surface area contributed by atoms with E-state index in [0.29, 0.717) is 31.2 Å². The van der Waals surface area contributed by atoms with Gasteiger partial charge in [-0.2, -0.15) is 0 Å². The van der Waals surface area contributed by atoms with E-state index < -0.39 is 0 Å². The normalized spacial score (nSPS) is 19.9.